The van der Waals surface area contributed by atoms with Crippen LogP contribution in [0.25, 0.3) is 0 Å². The molecule has 74 valence electrons. The zero-order valence-electron chi connectivity index (χ0n) is 8.32. The number of aryl methyl sites for hydroxylation is 1. The van der Waals surface area contributed by atoms with Gasteiger partial charge in [-0.1, -0.05) is 5.92 Å². The Morgan fingerprint density at radius 3 is 3.00 bits per heavy atom. The molecule has 0 saturated carbocycles. The predicted molar refractivity (Wildman–Crippen MR) is 53.2 cm³/mol. The molecule has 0 saturated heterocycles. The molecule has 1 aromatic heterocycles. The van der Waals surface area contributed by atoms with Crippen molar-refractivity contribution in [1.29, 1.82) is 0 Å². The maximum atomic E-state index is 11.4. The monoisotopic (exact) mass is 191 g/mol. The molecule has 4 nitrogen and oxygen atoms in total. The smallest absolute Gasteiger partial charge is 0.165 e. The molecule has 0 radical (unpaired) electrons. The highest BCUT2D eigenvalue weighted by Gasteiger charge is 2.15. The summed E-state index contributed by atoms with van der Waals surface area (Å²) in [5, 5.41) is 3.95. The van der Waals surface area contributed by atoms with Gasteiger partial charge in [0.15, 0.2) is 5.78 Å². The molecule has 1 heterocycles. The van der Waals surface area contributed by atoms with Gasteiger partial charge in [-0.2, -0.15) is 5.10 Å². The van der Waals surface area contributed by atoms with E-state index in [1.54, 1.807) is 31.0 Å². The van der Waals surface area contributed by atoms with Crippen LogP contribution in [0.4, 0.5) is 0 Å². The first-order chi connectivity index (χ1) is 6.65. The van der Waals surface area contributed by atoms with E-state index >= 15 is 0 Å². The van der Waals surface area contributed by atoms with Crippen LogP contribution in [-0.4, -0.2) is 15.6 Å². The summed E-state index contributed by atoms with van der Waals surface area (Å²) in [5.74, 6) is 5.29. The minimum atomic E-state index is -0.607. The third kappa shape index (κ3) is 2.44. The second-order valence-electron chi connectivity index (χ2n) is 2.99. The summed E-state index contributed by atoms with van der Waals surface area (Å²) in [4.78, 5) is 11.4. The zero-order valence-corrected chi connectivity index (χ0v) is 8.32. The Labute approximate surface area is 83.1 Å². The lowest BCUT2D eigenvalue weighted by Gasteiger charge is -2.04. The Morgan fingerprint density at radius 2 is 2.50 bits per heavy atom. The van der Waals surface area contributed by atoms with Gasteiger partial charge in [0.1, 0.15) is 0 Å². The van der Waals surface area contributed by atoms with Gasteiger partial charge in [0.05, 0.1) is 18.7 Å². The highest BCUT2D eigenvalue weighted by atomic mass is 16.1. The number of nitrogens with two attached hydrogens (primary N) is 1. The maximum absolute atomic E-state index is 11.4. The number of rotatable bonds is 3. The second kappa shape index (κ2) is 4.58. The van der Waals surface area contributed by atoms with Crippen LogP contribution >= 0.6 is 0 Å². The Balaban J connectivity index is 2.68. The first kappa shape index (κ1) is 10.5. The summed E-state index contributed by atoms with van der Waals surface area (Å²) in [6.45, 7) is 1.70. The number of hydrogen-bond donors (Lipinski definition) is 1. The van der Waals surface area contributed by atoms with Crippen molar-refractivity contribution >= 4 is 5.78 Å². The first-order valence-corrected chi connectivity index (χ1v) is 4.31. The molecule has 0 spiro atoms. The normalized spacial score (nSPS) is 11.6. The largest absolute Gasteiger partial charge is 0.318 e. The molecule has 1 unspecified atom stereocenters. The van der Waals surface area contributed by atoms with E-state index in [2.05, 4.69) is 16.9 Å². The van der Waals surface area contributed by atoms with Crippen molar-refractivity contribution in [3.8, 4) is 11.8 Å². The van der Waals surface area contributed by atoms with Gasteiger partial charge in [-0.15, -0.1) is 5.92 Å². The van der Waals surface area contributed by atoms with Crippen LogP contribution in [0.1, 0.15) is 24.9 Å². The van der Waals surface area contributed by atoms with Crippen LogP contribution in [0.5, 0.6) is 0 Å². The topological polar surface area (TPSA) is 60.9 Å². The van der Waals surface area contributed by atoms with Crippen LogP contribution in [0.2, 0.25) is 0 Å². The van der Waals surface area contributed by atoms with Crippen molar-refractivity contribution in [2.45, 2.75) is 19.4 Å². The lowest BCUT2D eigenvalue weighted by molar-refractivity contribution is -0.119. The van der Waals surface area contributed by atoms with E-state index in [1.807, 2.05) is 0 Å². The molecule has 0 aromatic carbocycles. The minimum Gasteiger partial charge on any atom is -0.318 e. The summed E-state index contributed by atoms with van der Waals surface area (Å²) in [6.07, 6.45) is 3.54. The molecule has 0 aliphatic heterocycles. The summed E-state index contributed by atoms with van der Waals surface area (Å²) < 4.78 is 1.62. The van der Waals surface area contributed by atoms with E-state index in [4.69, 9.17) is 5.73 Å². The van der Waals surface area contributed by atoms with Gasteiger partial charge in [-0.05, 0) is 6.92 Å². The summed E-state index contributed by atoms with van der Waals surface area (Å²) in [5.41, 5.74) is 6.45. The van der Waals surface area contributed by atoms with Crippen LogP contribution in [-0.2, 0) is 11.8 Å². The Hall–Kier alpha value is -1.60. The molecule has 14 heavy (non-hydrogen) atoms. The van der Waals surface area contributed by atoms with E-state index in [0.717, 1.165) is 5.56 Å². The molecule has 2 N–H and O–H groups in total. The minimum absolute atomic E-state index is 0.0765. The molecule has 0 fully saturated rings. The molecular weight excluding hydrogens is 178 g/mol. The van der Waals surface area contributed by atoms with Crippen LogP contribution in [0, 0.1) is 11.8 Å². The van der Waals surface area contributed by atoms with Gasteiger partial charge in [-0.3, -0.25) is 9.48 Å². The summed E-state index contributed by atoms with van der Waals surface area (Å²) in [6, 6.07) is -0.607. The number of carbonyl (C=O) groups is 1. The molecule has 1 rings (SSSR count). The predicted octanol–water partition coefficient (Wildman–Crippen LogP) is 0.402. The van der Waals surface area contributed by atoms with Crippen molar-refractivity contribution in [3.63, 3.8) is 0 Å². The van der Waals surface area contributed by atoms with Crippen LogP contribution in [0.3, 0.4) is 0 Å². The van der Waals surface area contributed by atoms with Gasteiger partial charge in [-0.25, -0.2) is 0 Å². The van der Waals surface area contributed by atoms with E-state index in [0.29, 0.717) is 0 Å². The van der Waals surface area contributed by atoms with Gasteiger partial charge in [0.2, 0.25) is 0 Å². The second-order valence-corrected chi connectivity index (χ2v) is 2.99. The number of hydrogen-bond acceptors (Lipinski definition) is 3. The average Bonchev–Trinajstić information content (AvgIpc) is 2.60. The van der Waals surface area contributed by atoms with E-state index in [9.17, 15) is 4.79 Å². The van der Waals surface area contributed by atoms with E-state index in [-0.39, 0.29) is 12.2 Å². The van der Waals surface area contributed by atoms with Gasteiger partial charge in [0.25, 0.3) is 0 Å². The first-order valence-electron chi connectivity index (χ1n) is 4.31. The van der Waals surface area contributed by atoms with Crippen molar-refractivity contribution in [1.82, 2.24) is 9.78 Å². The summed E-state index contributed by atoms with van der Waals surface area (Å²) >= 11 is 0. The molecule has 0 aliphatic carbocycles. The van der Waals surface area contributed by atoms with Crippen molar-refractivity contribution < 1.29 is 4.79 Å². The highest BCUT2D eigenvalue weighted by molar-refractivity contribution is 5.86. The van der Waals surface area contributed by atoms with Crippen molar-refractivity contribution in [2.24, 2.45) is 12.8 Å². The molecule has 0 aliphatic rings. The number of ketones is 1. The third-order valence-electron chi connectivity index (χ3n) is 1.87. The third-order valence-corrected chi connectivity index (χ3v) is 1.87. The lowest BCUT2D eigenvalue weighted by atomic mass is 10.1. The number of Topliss-reactive ketones (excluding diaryl/α,β-unsaturated/α-hetero) is 1. The standard InChI is InChI=1S/C10H13N3O/c1-3-4-5-9(14)10(11)8-6-12-13(2)7-8/h6-7,10H,5,11H2,1-2H3. The molecule has 0 amide bonds. The molecule has 4 heteroatoms. The molecule has 1 atom stereocenters. The van der Waals surface area contributed by atoms with Crippen molar-refractivity contribution in [2.75, 3.05) is 0 Å². The van der Waals surface area contributed by atoms with Crippen LogP contribution < -0.4 is 5.73 Å². The Morgan fingerprint density at radius 1 is 1.79 bits per heavy atom. The quantitative estimate of drug-likeness (QED) is 0.703. The van der Waals surface area contributed by atoms with E-state index < -0.39 is 6.04 Å². The molecule has 0 bridgehead atoms. The van der Waals surface area contributed by atoms with Gasteiger partial charge < -0.3 is 5.73 Å². The number of nitrogens with zero attached hydrogens (tertiary/aromatic N) is 2. The van der Waals surface area contributed by atoms with Gasteiger partial charge in [0, 0.05) is 18.8 Å². The van der Waals surface area contributed by atoms with Crippen LogP contribution in [0.15, 0.2) is 12.4 Å². The molecular formula is C10H13N3O. The fourth-order valence-corrected chi connectivity index (χ4v) is 1.07. The van der Waals surface area contributed by atoms with Gasteiger partial charge >= 0.3 is 0 Å². The SMILES string of the molecule is CC#CCC(=O)C(N)c1cnn(C)c1. The Kier molecular flexibility index (Phi) is 3.43. The number of aromatic nitrogens is 2. The van der Waals surface area contributed by atoms with E-state index in [1.165, 1.54) is 0 Å². The fourth-order valence-electron chi connectivity index (χ4n) is 1.07. The average molecular weight is 191 g/mol. The maximum Gasteiger partial charge on any atom is 0.165 e. The zero-order chi connectivity index (χ0) is 10.6. The lowest BCUT2D eigenvalue weighted by Crippen LogP contribution is -2.20. The highest BCUT2D eigenvalue weighted by Crippen LogP contribution is 2.10. The number of carbonyl (C=O) groups excluding carboxylic acids is 1. The Bertz CT molecular complexity index is 384. The fraction of sp³-hybridized carbons (Fsp3) is 0.400. The van der Waals surface area contributed by atoms with Crippen molar-refractivity contribution in [3.05, 3.63) is 18.0 Å². The molecule has 1 aromatic rings. The summed E-state index contributed by atoms with van der Waals surface area (Å²) in [7, 11) is 1.78.